The zero-order valence-electron chi connectivity index (χ0n) is 19.5. The van der Waals surface area contributed by atoms with Gasteiger partial charge in [-0.2, -0.15) is 0 Å². The lowest BCUT2D eigenvalue weighted by Gasteiger charge is -2.34. The van der Waals surface area contributed by atoms with Crippen LogP contribution in [0.3, 0.4) is 0 Å². The van der Waals surface area contributed by atoms with Crippen molar-refractivity contribution in [1.29, 1.82) is 0 Å². The van der Waals surface area contributed by atoms with Gasteiger partial charge in [-0.1, -0.05) is 54.5 Å². The van der Waals surface area contributed by atoms with Gasteiger partial charge in [0.25, 0.3) is 0 Å². The molecular weight excluding hydrogens is 422 g/mol. The van der Waals surface area contributed by atoms with Gasteiger partial charge in [-0.15, -0.1) is 6.42 Å². The summed E-state index contributed by atoms with van der Waals surface area (Å²) in [7, 11) is 0. The van der Waals surface area contributed by atoms with E-state index in [4.69, 9.17) is 16.9 Å². The molecule has 0 radical (unpaired) electrons. The lowest BCUT2D eigenvalue weighted by atomic mass is 9.98. The molecule has 34 heavy (non-hydrogen) atoms. The van der Waals surface area contributed by atoms with Crippen LogP contribution >= 0.6 is 0 Å². The number of fused-ring (bicyclic) bond motifs is 3. The van der Waals surface area contributed by atoms with Crippen LogP contribution in [-0.4, -0.2) is 48.7 Å². The molecule has 172 valence electrons. The quantitative estimate of drug-likeness (QED) is 0.464. The number of amides is 1. The Kier molecular flexibility index (Phi) is 6.00. The summed E-state index contributed by atoms with van der Waals surface area (Å²) in [5, 5.41) is 0. The summed E-state index contributed by atoms with van der Waals surface area (Å²) >= 11 is 0. The monoisotopic (exact) mass is 451 g/mol. The highest BCUT2D eigenvalue weighted by molar-refractivity contribution is 5.79. The van der Waals surface area contributed by atoms with Crippen LogP contribution in [0.4, 0.5) is 10.5 Å². The van der Waals surface area contributed by atoms with Crippen molar-refractivity contribution in [3.63, 3.8) is 0 Å². The number of hydrogen-bond donors (Lipinski definition) is 1. The Labute approximate surface area is 201 Å². The van der Waals surface area contributed by atoms with Crippen molar-refractivity contribution in [3.8, 4) is 23.5 Å². The van der Waals surface area contributed by atoms with E-state index in [1.807, 2.05) is 31.2 Å². The van der Waals surface area contributed by atoms with Gasteiger partial charge in [0.15, 0.2) is 0 Å². The molecule has 5 heteroatoms. The van der Waals surface area contributed by atoms with Crippen LogP contribution in [0.25, 0.3) is 11.1 Å². The van der Waals surface area contributed by atoms with Gasteiger partial charge in [0, 0.05) is 49.9 Å². The first kappa shape index (κ1) is 22.1. The fourth-order valence-electron chi connectivity index (χ4n) is 5.07. The van der Waals surface area contributed by atoms with Crippen molar-refractivity contribution in [3.05, 3.63) is 88.5 Å². The normalized spacial score (nSPS) is 15.5. The molecule has 0 bridgehead atoms. The number of hydrogen-bond acceptors (Lipinski definition) is 4. The van der Waals surface area contributed by atoms with Gasteiger partial charge in [0.1, 0.15) is 6.61 Å². The number of benzene rings is 3. The van der Waals surface area contributed by atoms with Gasteiger partial charge in [0.2, 0.25) is 0 Å². The smallest absolute Gasteiger partial charge is 0.409 e. The molecule has 0 unspecified atom stereocenters. The molecule has 1 heterocycles. The van der Waals surface area contributed by atoms with Gasteiger partial charge in [0.05, 0.1) is 0 Å². The summed E-state index contributed by atoms with van der Waals surface area (Å²) < 4.78 is 5.82. The van der Waals surface area contributed by atoms with Gasteiger partial charge in [-0.05, 0) is 52.4 Å². The van der Waals surface area contributed by atoms with Crippen molar-refractivity contribution >= 4 is 11.8 Å². The molecule has 2 N–H and O–H groups in total. The number of carbonyl (C=O) groups excluding carboxylic acids is 1. The fourth-order valence-corrected chi connectivity index (χ4v) is 5.07. The molecular formula is C29H29N3O2. The summed E-state index contributed by atoms with van der Waals surface area (Å²) in [6, 6.07) is 20.8. The summed E-state index contributed by atoms with van der Waals surface area (Å²) in [5.74, 6) is 2.80. The van der Waals surface area contributed by atoms with E-state index in [1.54, 1.807) is 4.90 Å². The van der Waals surface area contributed by atoms with E-state index >= 15 is 0 Å². The highest BCUT2D eigenvalue weighted by Crippen LogP contribution is 2.44. The Morgan fingerprint density at radius 2 is 1.65 bits per heavy atom. The predicted molar refractivity (Wildman–Crippen MR) is 135 cm³/mol. The molecule has 0 aromatic heterocycles. The number of terminal acetylenes is 1. The maximum Gasteiger partial charge on any atom is 0.409 e. The number of anilines is 1. The molecule has 1 saturated heterocycles. The second kappa shape index (κ2) is 9.24. The summed E-state index contributed by atoms with van der Waals surface area (Å²) in [6.07, 6.45) is 5.38. The number of piperazine rings is 1. The topological polar surface area (TPSA) is 58.8 Å². The number of rotatable bonds is 4. The van der Waals surface area contributed by atoms with Gasteiger partial charge >= 0.3 is 6.09 Å². The molecule has 0 spiro atoms. The Morgan fingerprint density at radius 3 is 2.26 bits per heavy atom. The molecule has 5 rings (SSSR count). The molecule has 3 aromatic rings. The molecule has 1 aliphatic carbocycles. The van der Waals surface area contributed by atoms with E-state index in [1.165, 1.54) is 22.3 Å². The minimum atomic E-state index is -0.240. The van der Waals surface area contributed by atoms with Crippen LogP contribution in [0, 0.1) is 19.3 Å². The van der Waals surface area contributed by atoms with E-state index in [-0.39, 0.29) is 12.0 Å². The molecule has 1 fully saturated rings. The van der Waals surface area contributed by atoms with Crippen LogP contribution < -0.4 is 5.73 Å². The number of carbonyl (C=O) groups is 1. The maximum atomic E-state index is 12.9. The van der Waals surface area contributed by atoms with Crippen LogP contribution in [0.5, 0.6) is 0 Å². The van der Waals surface area contributed by atoms with Crippen molar-refractivity contribution in [1.82, 2.24) is 9.80 Å². The molecule has 0 atom stereocenters. The third kappa shape index (κ3) is 4.13. The van der Waals surface area contributed by atoms with Crippen molar-refractivity contribution < 1.29 is 9.53 Å². The highest BCUT2D eigenvalue weighted by atomic mass is 16.6. The van der Waals surface area contributed by atoms with Crippen LogP contribution in [0.1, 0.15) is 33.7 Å². The standard InChI is InChI=1S/C29H29N3O2/c1-3-22-16-21(17-28(30)20(22)2)18-31-12-14-32(15-13-31)29(33)34-19-27-25-10-6-4-8-23(25)24-9-5-7-11-26(24)27/h1,4-11,16-17,27H,12-15,18-19,30H2,2H3. The largest absolute Gasteiger partial charge is 0.448 e. The van der Waals surface area contributed by atoms with E-state index in [9.17, 15) is 4.79 Å². The second-order valence-electron chi connectivity index (χ2n) is 9.07. The lowest BCUT2D eigenvalue weighted by molar-refractivity contribution is 0.0728. The Morgan fingerprint density at radius 1 is 1.03 bits per heavy atom. The Balaban J connectivity index is 1.18. The molecule has 3 aromatic carbocycles. The zero-order chi connectivity index (χ0) is 23.7. The fraction of sp³-hybridized carbons (Fsp3) is 0.276. The lowest BCUT2D eigenvalue weighted by Crippen LogP contribution is -2.48. The first-order valence-electron chi connectivity index (χ1n) is 11.7. The van der Waals surface area contributed by atoms with E-state index in [0.717, 1.165) is 42.0 Å². The van der Waals surface area contributed by atoms with Crippen molar-refractivity contribution in [2.45, 2.75) is 19.4 Å². The minimum absolute atomic E-state index is 0.0787. The first-order chi connectivity index (χ1) is 16.5. The van der Waals surface area contributed by atoms with Crippen LogP contribution in [0.15, 0.2) is 60.7 Å². The second-order valence-corrected chi connectivity index (χ2v) is 9.07. The van der Waals surface area contributed by atoms with Crippen molar-refractivity contribution in [2.75, 3.05) is 38.5 Å². The number of ether oxygens (including phenoxy) is 1. The van der Waals surface area contributed by atoms with Crippen LogP contribution in [0.2, 0.25) is 0 Å². The summed E-state index contributed by atoms with van der Waals surface area (Å²) in [6.45, 7) is 5.90. The van der Waals surface area contributed by atoms with E-state index < -0.39 is 0 Å². The average Bonchev–Trinajstić information content (AvgIpc) is 3.19. The SMILES string of the molecule is C#Cc1cc(CN2CCN(C(=O)OCC3c4ccccc4-c4ccccc43)CC2)cc(N)c1C. The van der Waals surface area contributed by atoms with E-state index in [2.05, 4.69) is 47.2 Å². The molecule has 5 nitrogen and oxygen atoms in total. The molecule has 1 aliphatic heterocycles. The maximum absolute atomic E-state index is 12.9. The third-order valence-corrected chi connectivity index (χ3v) is 7.04. The van der Waals surface area contributed by atoms with Crippen molar-refractivity contribution in [2.24, 2.45) is 0 Å². The Bertz CT molecular complexity index is 1220. The number of nitrogens with two attached hydrogens (primary N) is 1. The third-order valence-electron chi connectivity index (χ3n) is 7.04. The highest BCUT2D eigenvalue weighted by Gasteiger charge is 2.30. The summed E-state index contributed by atoms with van der Waals surface area (Å²) in [5.41, 5.74) is 14.7. The predicted octanol–water partition coefficient (Wildman–Crippen LogP) is 4.63. The first-order valence-corrected chi connectivity index (χ1v) is 11.7. The van der Waals surface area contributed by atoms with Gasteiger partial charge in [-0.3, -0.25) is 4.90 Å². The molecule has 2 aliphatic rings. The van der Waals surface area contributed by atoms with Gasteiger partial charge in [-0.25, -0.2) is 4.79 Å². The van der Waals surface area contributed by atoms with Crippen LogP contribution in [-0.2, 0) is 11.3 Å². The average molecular weight is 452 g/mol. The van der Waals surface area contributed by atoms with Gasteiger partial charge < -0.3 is 15.4 Å². The number of nitrogen functional groups attached to an aromatic ring is 1. The molecule has 0 saturated carbocycles. The Hall–Kier alpha value is -3.75. The zero-order valence-corrected chi connectivity index (χ0v) is 19.5. The van der Waals surface area contributed by atoms with E-state index in [0.29, 0.717) is 19.7 Å². The minimum Gasteiger partial charge on any atom is -0.448 e. The summed E-state index contributed by atoms with van der Waals surface area (Å²) in [4.78, 5) is 17.0. The number of nitrogens with zero attached hydrogens (tertiary/aromatic N) is 2. The molecule has 1 amide bonds.